The zero-order chi connectivity index (χ0) is 17.0. The van der Waals surface area contributed by atoms with E-state index in [9.17, 15) is 22.4 Å². The van der Waals surface area contributed by atoms with E-state index in [1.165, 1.54) is 5.92 Å². The van der Waals surface area contributed by atoms with E-state index in [-0.39, 0.29) is 6.61 Å². The minimum Gasteiger partial charge on any atom is -0.444 e. The molecule has 1 N–H and O–H groups in total. The van der Waals surface area contributed by atoms with Crippen LogP contribution in [0.3, 0.4) is 0 Å². The summed E-state index contributed by atoms with van der Waals surface area (Å²) in [6.07, 6.45) is 3.50. The maximum Gasteiger partial charge on any atom is 0.412 e. The number of amides is 1. The van der Waals surface area contributed by atoms with Gasteiger partial charge in [-0.05, 0) is 5.56 Å². The van der Waals surface area contributed by atoms with Crippen molar-refractivity contribution in [2.24, 2.45) is 0 Å². The van der Waals surface area contributed by atoms with Crippen LogP contribution in [0.2, 0.25) is 0 Å². The first kappa shape index (κ1) is 16.4. The first-order chi connectivity index (χ1) is 11.0. The molecule has 0 atom stereocenters. The van der Waals surface area contributed by atoms with Crippen LogP contribution in [0, 0.1) is 35.6 Å². The lowest BCUT2D eigenvalue weighted by Crippen LogP contribution is -2.17. The van der Waals surface area contributed by atoms with Crippen LogP contribution in [0.15, 0.2) is 30.3 Å². The van der Waals surface area contributed by atoms with E-state index >= 15 is 0 Å². The third kappa shape index (κ3) is 3.43. The van der Waals surface area contributed by atoms with E-state index in [1.807, 2.05) is 0 Å². The Hall–Kier alpha value is -3.01. The summed E-state index contributed by atoms with van der Waals surface area (Å²) in [6, 6.07) is 8.43. The van der Waals surface area contributed by atoms with Crippen molar-refractivity contribution in [3.63, 3.8) is 0 Å². The molecule has 0 radical (unpaired) electrons. The highest BCUT2D eigenvalue weighted by Crippen LogP contribution is 2.27. The summed E-state index contributed by atoms with van der Waals surface area (Å²) in [5.41, 5.74) is -1.89. The second-order valence-corrected chi connectivity index (χ2v) is 4.34. The Morgan fingerprint density at radius 2 is 1.61 bits per heavy atom. The standard InChI is InChI=1S/C16H9F4NO2/c1-2-10-11(17)13(19)15(14(20)12(10)18)21-16(22)23-8-9-6-4-3-5-7-9/h1,3-7H,8H2,(H,21,22). The Kier molecular flexibility index (Phi) is 4.86. The Morgan fingerprint density at radius 3 is 2.13 bits per heavy atom. The van der Waals surface area contributed by atoms with Gasteiger partial charge in [-0.2, -0.15) is 0 Å². The number of nitrogens with one attached hydrogen (secondary N) is 1. The lowest BCUT2D eigenvalue weighted by atomic mass is 10.1. The first-order valence-corrected chi connectivity index (χ1v) is 6.26. The third-order valence-electron chi connectivity index (χ3n) is 2.85. The molecule has 0 spiro atoms. The molecule has 0 bridgehead atoms. The molecule has 118 valence electrons. The van der Waals surface area contributed by atoms with Crippen LogP contribution < -0.4 is 5.32 Å². The van der Waals surface area contributed by atoms with Gasteiger partial charge >= 0.3 is 6.09 Å². The van der Waals surface area contributed by atoms with Crippen molar-refractivity contribution < 1.29 is 27.1 Å². The quantitative estimate of drug-likeness (QED) is 0.527. The minimum absolute atomic E-state index is 0.191. The van der Waals surface area contributed by atoms with Crippen LogP contribution >= 0.6 is 0 Å². The fourth-order valence-corrected chi connectivity index (χ4v) is 1.73. The van der Waals surface area contributed by atoms with Crippen LogP contribution in [0.1, 0.15) is 11.1 Å². The molecule has 0 saturated heterocycles. The maximum absolute atomic E-state index is 13.7. The molecule has 2 rings (SSSR count). The average molecular weight is 323 g/mol. The van der Waals surface area contributed by atoms with Crippen molar-refractivity contribution >= 4 is 11.8 Å². The summed E-state index contributed by atoms with van der Waals surface area (Å²) in [6.45, 7) is -0.191. The Bertz CT molecular complexity index is 756. The van der Waals surface area contributed by atoms with Gasteiger partial charge in [-0.25, -0.2) is 22.4 Å². The van der Waals surface area contributed by atoms with Crippen LogP contribution in [0.5, 0.6) is 0 Å². The Morgan fingerprint density at radius 1 is 1.04 bits per heavy atom. The zero-order valence-corrected chi connectivity index (χ0v) is 11.5. The number of rotatable bonds is 3. The number of benzene rings is 2. The second-order valence-electron chi connectivity index (χ2n) is 4.34. The molecule has 0 aromatic heterocycles. The molecule has 0 aliphatic carbocycles. The number of hydrogen-bond acceptors (Lipinski definition) is 2. The molecule has 0 saturated carbocycles. The smallest absolute Gasteiger partial charge is 0.412 e. The van der Waals surface area contributed by atoms with Crippen molar-refractivity contribution in [3.05, 3.63) is 64.7 Å². The molecular formula is C16H9F4NO2. The fraction of sp³-hybridized carbons (Fsp3) is 0.0625. The lowest BCUT2D eigenvalue weighted by molar-refractivity contribution is 0.155. The molecule has 0 aliphatic rings. The Balaban J connectivity index is 2.17. The number of hydrogen-bond donors (Lipinski definition) is 1. The molecule has 1 amide bonds. The van der Waals surface area contributed by atoms with Crippen LogP contribution in [-0.4, -0.2) is 6.09 Å². The zero-order valence-electron chi connectivity index (χ0n) is 11.5. The molecule has 2 aromatic rings. The van der Waals surface area contributed by atoms with Gasteiger partial charge < -0.3 is 4.74 Å². The largest absolute Gasteiger partial charge is 0.444 e. The van der Waals surface area contributed by atoms with Crippen LogP contribution in [0.25, 0.3) is 0 Å². The molecule has 2 aromatic carbocycles. The van der Waals surface area contributed by atoms with Gasteiger partial charge in [0.2, 0.25) is 0 Å². The SMILES string of the molecule is C#Cc1c(F)c(F)c(NC(=O)OCc2ccccc2)c(F)c1F. The predicted octanol–water partition coefficient (Wildman–Crippen LogP) is 3.97. The molecule has 3 nitrogen and oxygen atoms in total. The molecule has 7 heteroatoms. The van der Waals surface area contributed by atoms with Gasteiger partial charge in [0.05, 0.1) is 0 Å². The van der Waals surface area contributed by atoms with Gasteiger partial charge in [0, 0.05) is 0 Å². The highest BCUT2D eigenvalue weighted by molar-refractivity contribution is 5.85. The molecule has 0 heterocycles. The molecular weight excluding hydrogens is 314 g/mol. The van der Waals surface area contributed by atoms with Crippen molar-refractivity contribution in [1.82, 2.24) is 0 Å². The number of terminal acetylenes is 1. The number of carbonyl (C=O) groups excluding carboxylic acids is 1. The second kappa shape index (κ2) is 6.83. The van der Waals surface area contributed by atoms with Gasteiger partial charge in [-0.15, -0.1) is 6.42 Å². The van der Waals surface area contributed by atoms with E-state index in [4.69, 9.17) is 11.2 Å². The normalized spacial score (nSPS) is 10.0. The number of carbonyl (C=O) groups is 1. The summed E-state index contributed by atoms with van der Waals surface area (Å²) < 4.78 is 59.0. The molecule has 0 fully saturated rings. The number of ether oxygens (including phenoxy) is 1. The van der Waals surface area contributed by atoms with E-state index < -0.39 is 40.6 Å². The maximum atomic E-state index is 13.7. The van der Waals surface area contributed by atoms with Gasteiger partial charge in [-0.1, -0.05) is 36.3 Å². The summed E-state index contributed by atoms with van der Waals surface area (Å²) in [4.78, 5) is 11.5. The predicted molar refractivity (Wildman–Crippen MR) is 74.5 cm³/mol. The van der Waals surface area contributed by atoms with Crippen molar-refractivity contribution in [2.45, 2.75) is 6.61 Å². The summed E-state index contributed by atoms with van der Waals surface area (Å²) in [5, 5.41) is 1.62. The molecule has 23 heavy (non-hydrogen) atoms. The number of halogens is 4. The molecule has 0 aliphatic heterocycles. The summed E-state index contributed by atoms with van der Waals surface area (Å²) in [7, 11) is 0. The minimum atomic E-state index is -1.81. The van der Waals surface area contributed by atoms with Crippen LogP contribution in [0.4, 0.5) is 28.0 Å². The highest BCUT2D eigenvalue weighted by atomic mass is 19.2. The van der Waals surface area contributed by atoms with E-state index in [1.54, 1.807) is 35.6 Å². The lowest BCUT2D eigenvalue weighted by Gasteiger charge is -2.11. The highest BCUT2D eigenvalue weighted by Gasteiger charge is 2.26. The summed E-state index contributed by atoms with van der Waals surface area (Å²) >= 11 is 0. The number of anilines is 1. The van der Waals surface area contributed by atoms with E-state index in [0.29, 0.717) is 5.56 Å². The fourth-order valence-electron chi connectivity index (χ4n) is 1.73. The van der Waals surface area contributed by atoms with Gasteiger partial charge in [-0.3, -0.25) is 5.32 Å². The third-order valence-corrected chi connectivity index (χ3v) is 2.85. The summed E-state index contributed by atoms with van der Waals surface area (Å²) in [5.74, 6) is -5.67. The Labute approximate surface area is 128 Å². The van der Waals surface area contributed by atoms with E-state index in [2.05, 4.69) is 0 Å². The monoisotopic (exact) mass is 323 g/mol. The average Bonchev–Trinajstić information content (AvgIpc) is 2.56. The van der Waals surface area contributed by atoms with E-state index in [0.717, 1.165) is 0 Å². The first-order valence-electron chi connectivity index (χ1n) is 6.26. The van der Waals surface area contributed by atoms with Crippen LogP contribution in [-0.2, 0) is 11.3 Å². The van der Waals surface area contributed by atoms with Gasteiger partial charge in [0.1, 0.15) is 17.9 Å². The van der Waals surface area contributed by atoms with Gasteiger partial charge in [0.15, 0.2) is 23.3 Å². The topological polar surface area (TPSA) is 38.3 Å². The molecule has 0 unspecified atom stereocenters. The van der Waals surface area contributed by atoms with Gasteiger partial charge in [0.25, 0.3) is 0 Å². The van der Waals surface area contributed by atoms with Crippen molar-refractivity contribution in [1.29, 1.82) is 0 Å². The van der Waals surface area contributed by atoms with Crippen molar-refractivity contribution in [3.8, 4) is 12.3 Å². The van der Waals surface area contributed by atoms with Crippen molar-refractivity contribution in [2.75, 3.05) is 5.32 Å².